The highest BCUT2D eigenvalue weighted by molar-refractivity contribution is 9.11. The van der Waals surface area contributed by atoms with E-state index in [4.69, 9.17) is 14.6 Å². The molecule has 0 fully saturated rings. The van der Waals surface area contributed by atoms with Gasteiger partial charge >= 0.3 is 5.97 Å². The number of carbonyl (C=O) groups is 2. The minimum atomic E-state index is -1.09. The number of carbonyl (C=O) groups excluding carboxylic acids is 1. The standard InChI is InChI=1S/C18H15Br3N2O5/c1-10-4-13(20)18(14(21)5-10)28-8-16(24)23-22-7-11-6-12(19)2-3-15(11)27-9-17(25)26/h2-7H,8-9H2,1H3,(H,23,24)(H,25,26). The molecule has 0 bridgehead atoms. The van der Waals surface area contributed by atoms with Crippen LogP contribution < -0.4 is 14.9 Å². The van der Waals surface area contributed by atoms with Crippen LogP contribution in [0.4, 0.5) is 0 Å². The van der Waals surface area contributed by atoms with Crippen molar-refractivity contribution >= 4 is 65.9 Å². The number of hydrogen-bond donors (Lipinski definition) is 2. The monoisotopic (exact) mass is 576 g/mol. The van der Waals surface area contributed by atoms with Gasteiger partial charge in [-0.1, -0.05) is 15.9 Å². The van der Waals surface area contributed by atoms with Crippen LogP contribution in [0.15, 0.2) is 48.9 Å². The predicted octanol–water partition coefficient (Wildman–Crippen LogP) is 4.28. The van der Waals surface area contributed by atoms with Gasteiger partial charge in [0.2, 0.25) is 0 Å². The molecule has 10 heteroatoms. The second-order valence-corrected chi connectivity index (χ2v) is 8.13. The van der Waals surface area contributed by atoms with Gasteiger partial charge in [-0.15, -0.1) is 0 Å². The first-order valence-corrected chi connectivity index (χ1v) is 10.2. The lowest BCUT2D eigenvalue weighted by Gasteiger charge is -2.10. The molecule has 0 heterocycles. The lowest BCUT2D eigenvalue weighted by Crippen LogP contribution is -2.24. The van der Waals surface area contributed by atoms with Crippen LogP contribution in [-0.4, -0.2) is 36.4 Å². The summed E-state index contributed by atoms with van der Waals surface area (Å²) in [6.07, 6.45) is 1.36. The van der Waals surface area contributed by atoms with Crippen molar-refractivity contribution < 1.29 is 24.2 Å². The summed E-state index contributed by atoms with van der Waals surface area (Å²) in [6.45, 7) is 1.22. The molecule has 2 aromatic rings. The molecule has 2 N–H and O–H groups in total. The van der Waals surface area contributed by atoms with E-state index in [0.717, 1.165) is 19.0 Å². The van der Waals surface area contributed by atoms with Crippen molar-refractivity contribution in [3.05, 3.63) is 54.9 Å². The number of aryl methyl sites for hydroxylation is 1. The molecule has 0 atom stereocenters. The van der Waals surface area contributed by atoms with E-state index in [-0.39, 0.29) is 6.61 Å². The van der Waals surface area contributed by atoms with Gasteiger partial charge in [-0.05, 0) is 74.7 Å². The molecule has 2 aromatic carbocycles. The van der Waals surface area contributed by atoms with Gasteiger partial charge in [0.1, 0.15) is 11.5 Å². The summed E-state index contributed by atoms with van der Waals surface area (Å²) in [5, 5.41) is 12.6. The maximum absolute atomic E-state index is 12.0. The Bertz CT molecular complexity index is 895. The fraction of sp³-hybridized carbons (Fsp3) is 0.167. The Kier molecular flexibility index (Phi) is 8.46. The highest BCUT2D eigenvalue weighted by Crippen LogP contribution is 2.34. The van der Waals surface area contributed by atoms with E-state index in [9.17, 15) is 9.59 Å². The highest BCUT2D eigenvalue weighted by Gasteiger charge is 2.10. The Morgan fingerprint density at radius 1 is 1.11 bits per heavy atom. The summed E-state index contributed by atoms with van der Waals surface area (Å²) >= 11 is 10.1. The predicted molar refractivity (Wildman–Crippen MR) is 115 cm³/mol. The maximum Gasteiger partial charge on any atom is 0.341 e. The highest BCUT2D eigenvalue weighted by atomic mass is 79.9. The molecule has 0 aliphatic rings. The van der Waals surface area contributed by atoms with Crippen molar-refractivity contribution in [1.29, 1.82) is 0 Å². The molecular weight excluding hydrogens is 564 g/mol. The van der Waals surface area contributed by atoms with Gasteiger partial charge in [-0.25, -0.2) is 10.2 Å². The number of carboxylic acids is 1. The topological polar surface area (TPSA) is 97.2 Å². The molecule has 2 rings (SSSR count). The van der Waals surface area contributed by atoms with Gasteiger partial charge in [-0.3, -0.25) is 4.79 Å². The van der Waals surface area contributed by atoms with E-state index < -0.39 is 18.5 Å². The molecule has 1 amide bonds. The quantitative estimate of drug-likeness (QED) is 0.360. The molecule has 0 aliphatic heterocycles. The number of nitrogens with one attached hydrogen (secondary N) is 1. The molecule has 0 saturated heterocycles. The number of ether oxygens (including phenoxy) is 2. The second kappa shape index (κ2) is 10.6. The average molecular weight is 579 g/mol. The molecule has 7 nitrogen and oxygen atoms in total. The molecule has 0 aliphatic carbocycles. The fourth-order valence-electron chi connectivity index (χ4n) is 2.06. The smallest absolute Gasteiger partial charge is 0.341 e. The van der Waals surface area contributed by atoms with E-state index in [1.807, 2.05) is 19.1 Å². The van der Waals surface area contributed by atoms with Crippen molar-refractivity contribution in [1.82, 2.24) is 5.43 Å². The zero-order chi connectivity index (χ0) is 20.7. The zero-order valence-corrected chi connectivity index (χ0v) is 19.3. The van der Waals surface area contributed by atoms with Gasteiger partial charge in [-0.2, -0.15) is 5.10 Å². The number of hydrogen-bond acceptors (Lipinski definition) is 5. The number of amides is 1. The number of rotatable bonds is 8. The van der Waals surface area contributed by atoms with Crippen LogP contribution >= 0.6 is 47.8 Å². The van der Waals surface area contributed by atoms with Gasteiger partial charge in [0.25, 0.3) is 5.91 Å². The van der Waals surface area contributed by atoms with Crippen molar-refractivity contribution in [2.45, 2.75) is 6.92 Å². The van der Waals surface area contributed by atoms with E-state index in [1.165, 1.54) is 6.21 Å². The number of benzene rings is 2. The van der Waals surface area contributed by atoms with Crippen LogP contribution in [0, 0.1) is 6.92 Å². The van der Waals surface area contributed by atoms with Crippen molar-refractivity contribution in [3.8, 4) is 11.5 Å². The third kappa shape index (κ3) is 6.92. The second-order valence-electron chi connectivity index (χ2n) is 5.50. The SMILES string of the molecule is Cc1cc(Br)c(OCC(=O)NN=Cc2cc(Br)ccc2OCC(=O)O)c(Br)c1. The third-order valence-electron chi connectivity index (χ3n) is 3.21. The molecule has 148 valence electrons. The van der Waals surface area contributed by atoms with Gasteiger partial charge < -0.3 is 14.6 Å². The molecule has 0 radical (unpaired) electrons. The molecule has 0 unspecified atom stereocenters. The van der Waals surface area contributed by atoms with Gasteiger partial charge in [0.15, 0.2) is 13.2 Å². The van der Waals surface area contributed by atoms with E-state index in [1.54, 1.807) is 18.2 Å². The maximum atomic E-state index is 12.0. The average Bonchev–Trinajstić information content (AvgIpc) is 2.60. The summed E-state index contributed by atoms with van der Waals surface area (Å²) in [5.41, 5.74) is 3.89. The molecule has 0 aromatic heterocycles. The number of carboxylic acid groups (broad SMARTS) is 1. The minimum Gasteiger partial charge on any atom is -0.481 e. The Labute approximate surface area is 186 Å². The zero-order valence-electron chi connectivity index (χ0n) is 14.5. The summed E-state index contributed by atoms with van der Waals surface area (Å²) in [7, 11) is 0. The Morgan fingerprint density at radius 3 is 2.43 bits per heavy atom. The van der Waals surface area contributed by atoms with Gasteiger partial charge in [0, 0.05) is 10.0 Å². The normalized spacial score (nSPS) is 10.7. The first-order chi connectivity index (χ1) is 13.3. The van der Waals surface area contributed by atoms with Gasteiger partial charge in [0.05, 0.1) is 15.2 Å². The third-order valence-corrected chi connectivity index (χ3v) is 4.88. The number of nitrogens with zero attached hydrogens (tertiary/aromatic N) is 1. The molecule has 0 spiro atoms. The van der Waals surface area contributed by atoms with Crippen LogP contribution in [0.25, 0.3) is 0 Å². The van der Waals surface area contributed by atoms with E-state index in [2.05, 4.69) is 58.3 Å². The Hall–Kier alpha value is -1.91. The van der Waals surface area contributed by atoms with Crippen LogP contribution in [-0.2, 0) is 9.59 Å². The number of aliphatic carboxylic acids is 1. The van der Waals surface area contributed by atoms with Crippen molar-refractivity contribution in [2.75, 3.05) is 13.2 Å². The molecule has 0 saturated carbocycles. The first kappa shape index (κ1) is 22.4. The molecular formula is C18H15Br3N2O5. The summed E-state index contributed by atoms with van der Waals surface area (Å²) in [5.74, 6) is -0.711. The van der Waals surface area contributed by atoms with E-state index >= 15 is 0 Å². The minimum absolute atomic E-state index is 0.238. The molecule has 28 heavy (non-hydrogen) atoms. The largest absolute Gasteiger partial charge is 0.481 e. The van der Waals surface area contributed by atoms with Crippen LogP contribution in [0.5, 0.6) is 11.5 Å². The Morgan fingerprint density at radius 2 is 1.79 bits per heavy atom. The van der Waals surface area contributed by atoms with Crippen LogP contribution in [0.3, 0.4) is 0 Å². The number of halogens is 3. The Balaban J connectivity index is 1.96. The summed E-state index contributed by atoms with van der Waals surface area (Å²) < 4.78 is 12.9. The summed E-state index contributed by atoms with van der Waals surface area (Å²) in [6, 6.07) is 8.75. The van der Waals surface area contributed by atoms with Crippen molar-refractivity contribution in [2.24, 2.45) is 5.10 Å². The van der Waals surface area contributed by atoms with Crippen LogP contribution in [0.1, 0.15) is 11.1 Å². The van der Waals surface area contributed by atoms with E-state index in [0.29, 0.717) is 17.1 Å². The summed E-state index contributed by atoms with van der Waals surface area (Å²) in [4.78, 5) is 22.6. The fourth-order valence-corrected chi connectivity index (χ4v) is 4.08. The van der Waals surface area contributed by atoms with Crippen molar-refractivity contribution in [3.63, 3.8) is 0 Å². The first-order valence-electron chi connectivity index (χ1n) is 7.80. The van der Waals surface area contributed by atoms with Crippen LogP contribution in [0.2, 0.25) is 0 Å². The lowest BCUT2D eigenvalue weighted by atomic mass is 10.2. The number of hydrazone groups is 1. The lowest BCUT2D eigenvalue weighted by molar-refractivity contribution is -0.139.